The van der Waals surface area contributed by atoms with E-state index in [-0.39, 0.29) is 17.5 Å². The van der Waals surface area contributed by atoms with Gasteiger partial charge in [-0.1, -0.05) is 19.1 Å². The number of fused-ring (bicyclic) bond motifs is 1. The van der Waals surface area contributed by atoms with Gasteiger partial charge >= 0.3 is 0 Å². The van der Waals surface area contributed by atoms with Crippen LogP contribution in [0.25, 0.3) is 0 Å². The number of sulfonamides is 1. The molecule has 3 rings (SSSR count). The first-order valence-electron chi connectivity index (χ1n) is 7.71. The summed E-state index contributed by atoms with van der Waals surface area (Å²) in [5, 5.41) is 12.7. The lowest BCUT2D eigenvalue weighted by Crippen LogP contribution is -2.39. The maximum atomic E-state index is 12.9. The van der Waals surface area contributed by atoms with E-state index in [9.17, 15) is 18.5 Å². The number of hydrogen-bond acceptors (Lipinski definition) is 5. The minimum atomic E-state index is -3.48. The first kappa shape index (κ1) is 17.1. The monoisotopic (exact) mass is 366 g/mol. The van der Waals surface area contributed by atoms with E-state index in [2.05, 4.69) is 0 Å². The van der Waals surface area contributed by atoms with Gasteiger partial charge in [-0.05, 0) is 35.4 Å². The van der Waals surface area contributed by atoms with Crippen molar-refractivity contribution in [1.29, 1.82) is 0 Å². The fourth-order valence-corrected chi connectivity index (χ4v) is 5.86. The summed E-state index contributed by atoms with van der Waals surface area (Å²) in [6.07, 6.45) is 1.46. The zero-order chi connectivity index (χ0) is 17.3. The molecule has 6 nitrogen and oxygen atoms in total. The van der Waals surface area contributed by atoms with Gasteiger partial charge in [0.15, 0.2) is 0 Å². The predicted octanol–water partition coefficient (Wildman–Crippen LogP) is 3.50. The Hall–Kier alpha value is -1.77. The van der Waals surface area contributed by atoms with Crippen LogP contribution in [0.4, 0.5) is 5.69 Å². The Morgan fingerprint density at radius 2 is 2.00 bits per heavy atom. The molecule has 128 valence electrons. The number of hydrogen-bond donors (Lipinski definition) is 0. The Morgan fingerprint density at radius 3 is 2.62 bits per heavy atom. The van der Waals surface area contributed by atoms with Gasteiger partial charge in [0.25, 0.3) is 5.69 Å². The molecule has 8 heteroatoms. The predicted molar refractivity (Wildman–Crippen MR) is 93.5 cm³/mol. The summed E-state index contributed by atoms with van der Waals surface area (Å²) in [6.45, 7) is 2.48. The van der Waals surface area contributed by atoms with Gasteiger partial charge in [0.1, 0.15) is 0 Å². The highest BCUT2D eigenvalue weighted by Gasteiger charge is 2.34. The normalized spacial score (nSPS) is 18.3. The van der Waals surface area contributed by atoms with Crippen LogP contribution in [-0.4, -0.2) is 24.2 Å². The fourth-order valence-electron chi connectivity index (χ4n) is 3.14. The van der Waals surface area contributed by atoms with Gasteiger partial charge in [-0.25, -0.2) is 8.42 Å². The van der Waals surface area contributed by atoms with E-state index in [0.29, 0.717) is 12.1 Å². The Kier molecular flexibility index (Phi) is 4.71. The van der Waals surface area contributed by atoms with Crippen molar-refractivity contribution in [3.63, 3.8) is 0 Å². The number of benzene rings is 1. The summed E-state index contributed by atoms with van der Waals surface area (Å²) in [7, 11) is -3.48. The van der Waals surface area contributed by atoms with Crippen molar-refractivity contribution < 1.29 is 13.3 Å². The molecular weight excluding hydrogens is 348 g/mol. The van der Waals surface area contributed by atoms with Crippen LogP contribution < -0.4 is 0 Å². The molecule has 1 aromatic heterocycles. The molecule has 0 fully saturated rings. The first-order chi connectivity index (χ1) is 11.4. The van der Waals surface area contributed by atoms with Crippen LogP contribution >= 0.6 is 11.3 Å². The second-order valence-electron chi connectivity index (χ2n) is 5.76. The largest absolute Gasteiger partial charge is 0.269 e. The second-order valence-corrected chi connectivity index (χ2v) is 8.69. The zero-order valence-electron chi connectivity index (χ0n) is 13.2. The van der Waals surface area contributed by atoms with Gasteiger partial charge in [-0.2, -0.15) is 4.31 Å². The van der Waals surface area contributed by atoms with Gasteiger partial charge in [0, 0.05) is 23.6 Å². The fraction of sp³-hybridized carbons (Fsp3) is 0.375. The summed E-state index contributed by atoms with van der Waals surface area (Å²) in [5.74, 6) is -0.138. The molecule has 2 heterocycles. The molecule has 0 spiro atoms. The van der Waals surface area contributed by atoms with Crippen LogP contribution in [0, 0.1) is 10.1 Å². The Balaban J connectivity index is 1.84. The molecule has 24 heavy (non-hydrogen) atoms. The molecule has 1 aliphatic rings. The van der Waals surface area contributed by atoms with Crippen molar-refractivity contribution in [2.45, 2.75) is 31.6 Å². The Morgan fingerprint density at radius 1 is 1.29 bits per heavy atom. The second kappa shape index (κ2) is 6.62. The molecule has 2 aromatic rings. The number of non-ortho nitro benzene ring substituents is 1. The van der Waals surface area contributed by atoms with E-state index in [1.807, 2.05) is 18.4 Å². The molecule has 0 aliphatic carbocycles. The van der Waals surface area contributed by atoms with E-state index in [1.165, 1.54) is 29.1 Å². The van der Waals surface area contributed by atoms with Gasteiger partial charge in [0.2, 0.25) is 10.0 Å². The lowest BCUT2D eigenvalue weighted by atomic mass is 10.0. The molecule has 1 aromatic carbocycles. The summed E-state index contributed by atoms with van der Waals surface area (Å²) >= 11 is 1.68. The number of nitrogens with zero attached hydrogens (tertiary/aromatic N) is 2. The van der Waals surface area contributed by atoms with Crippen molar-refractivity contribution in [1.82, 2.24) is 4.31 Å². The number of nitro groups is 1. The first-order valence-corrected chi connectivity index (χ1v) is 10.2. The van der Waals surface area contributed by atoms with E-state index < -0.39 is 14.9 Å². The average Bonchev–Trinajstić information content (AvgIpc) is 3.02. The zero-order valence-corrected chi connectivity index (χ0v) is 14.8. The lowest BCUT2D eigenvalue weighted by molar-refractivity contribution is -0.384. The van der Waals surface area contributed by atoms with Gasteiger partial charge in [-0.15, -0.1) is 11.3 Å². The van der Waals surface area contributed by atoms with E-state index in [1.54, 1.807) is 15.6 Å². The molecule has 0 radical (unpaired) electrons. The summed E-state index contributed by atoms with van der Waals surface area (Å²) in [6, 6.07) is 7.60. The van der Waals surface area contributed by atoms with Crippen LogP contribution in [0.1, 0.15) is 35.4 Å². The van der Waals surface area contributed by atoms with E-state index in [0.717, 1.165) is 18.4 Å². The molecule has 0 N–H and O–H groups in total. The average molecular weight is 366 g/mol. The molecule has 1 aliphatic heterocycles. The molecule has 1 unspecified atom stereocenters. The third kappa shape index (κ3) is 3.22. The molecule has 0 saturated carbocycles. The lowest BCUT2D eigenvalue weighted by Gasteiger charge is -2.34. The third-order valence-corrected chi connectivity index (χ3v) is 7.13. The van der Waals surface area contributed by atoms with Gasteiger partial charge in [0.05, 0.1) is 16.7 Å². The standard InChI is InChI=1S/C16H18N2O4S2/c1-2-15-14-8-10-23-16(14)7-9-17(15)24(21,22)11-12-3-5-13(6-4-12)18(19)20/h3-6,8,10,15H,2,7,9,11H2,1H3. The summed E-state index contributed by atoms with van der Waals surface area (Å²) in [5.41, 5.74) is 1.64. The highest BCUT2D eigenvalue weighted by Crippen LogP contribution is 2.37. The topological polar surface area (TPSA) is 80.5 Å². The number of thiophene rings is 1. The molecule has 1 atom stereocenters. The van der Waals surface area contributed by atoms with Crippen LogP contribution in [0.5, 0.6) is 0 Å². The molecule has 0 amide bonds. The van der Waals surface area contributed by atoms with Crippen molar-refractivity contribution in [3.05, 3.63) is 61.8 Å². The molecular formula is C16H18N2O4S2. The number of rotatable bonds is 5. The van der Waals surface area contributed by atoms with E-state index in [4.69, 9.17) is 0 Å². The minimum Gasteiger partial charge on any atom is -0.258 e. The van der Waals surface area contributed by atoms with E-state index >= 15 is 0 Å². The Bertz CT molecular complexity index is 843. The van der Waals surface area contributed by atoms with Crippen LogP contribution in [0.3, 0.4) is 0 Å². The Labute approximate surface area is 144 Å². The molecule has 0 saturated heterocycles. The van der Waals surface area contributed by atoms with Crippen molar-refractivity contribution in [2.24, 2.45) is 0 Å². The SMILES string of the molecule is CCC1c2ccsc2CCN1S(=O)(=O)Cc1ccc([N+](=O)[O-])cc1. The maximum Gasteiger partial charge on any atom is 0.269 e. The number of nitro benzene ring substituents is 1. The van der Waals surface area contributed by atoms with Crippen LogP contribution in [-0.2, 0) is 22.2 Å². The smallest absolute Gasteiger partial charge is 0.258 e. The summed E-state index contributed by atoms with van der Waals surface area (Å²) in [4.78, 5) is 11.5. The maximum absolute atomic E-state index is 12.9. The van der Waals surface area contributed by atoms with Crippen molar-refractivity contribution in [3.8, 4) is 0 Å². The third-order valence-electron chi connectivity index (χ3n) is 4.29. The van der Waals surface area contributed by atoms with Crippen LogP contribution in [0.2, 0.25) is 0 Å². The van der Waals surface area contributed by atoms with Crippen molar-refractivity contribution in [2.75, 3.05) is 6.54 Å². The minimum absolute atomic E-state index is 0.0385. The molecule has 0 bridgehead atoms. The van der Waals surface area contributed by atoms with Gasteiger partial charge < -0.3 is 0 Å². The quantitative estimate of drug-likeness (QED) is 0.599. The van der Waals surface area contributed by atoms with Crippen molar-refractivity contribution >= 4 is 27.0 Å². The van der Waals surface area contributed by atoms with Crippen LogP contribution in [0.15, 0.2) is 35.7 Å². The highest BCUT2D eigenvalue weighted by molar-refractivity contribution is 7.88. The summed E-state index contributed by atoms with van der Waals surface area (Å²) < 4.78 is 27.3. The highest BCUT2D eigenvalue weighted by atomic mass is 32.2. The van der Waals surface area contributed by atoms with Gasteiger partial charge in [-0.3, -0.25) is 10.1 Å².